The van der Waals surface area contributed by atoms with Crippen LogP contribution in [0.1, 0.15) is 74.6 Å². The van der Waals surface area contributed by atoms with Crippen molar-refractivity contribution >= 4 is 40.3 Å². The first-order valence-electron chi connectivity index (χ1n) is 12.8. The summed E-state index contributed by atoms with van der Waals surface area (Å²) in [5.74, 6) is 0.242. The molecule has 0 bridgehead atoms. The van der Waals surface area contributed by atoms with E-state index in [4.69, 9.17) is 0 Å². The molecule has 3 fully saturated rings. The summed E-state index contributed by atoms with van der Waals surface area (Å²) >= 11 is 1.41. The Bertz CT molecular complexity index is 969. The van der Waals surface area contributed by atoms with Gasteiger partial charge in [-0.2, -0.15) is 4.99 Å². The van der Waals surface area contributed by atoms with Gasteiger partial charge in [0.1, 0.15) is 5.25 Å². The van der Waals surface area contributed by atoms with Gasteiger partial charge < -0.3 is 15.1 Å². The molecule has 0 radical (unpaired) electrons. The number of benzene rings is 1. The highest BCUT2D eigenvalue weighted by Crippen LogP contribution is 2.36. The summed E-state index contributed by atoms with van der Waals surface area (Å²) in [6.07, 6.45) is 10.7. The second-order valence-electron chi connectivity index (χ2n) is 9.97. The smallest absolute Gasteiger partial charge is 0.262 e. The third-order valence-corrected chi connectivity index (χ3v) is 8.84. The van der Waals surface area contributed by atoms with Crippen LogP contribution in [0.3, 0.4) is 0 Å². The largest absolute Gasteiger partial charge is 0.351 e. The van der Waals surface area contributed by atoms with Gasteiger partial charge in [-0.25, -0.2) is 0 Å². The molecule has 2 unspecified atom stereocenters. The molecule has 1 aromatic rings. The molecule has 1 saturated carbocycles. The van der Waals surface area contributed by atoms with Gasteiger partial charge in [-0.05, 0) is 69.1 Å². The van der Waals surface area contributed by atoms with Crippen LogP contribution in [0.15, 0.2) is 29.3 Å². The zero-order valence-corrected chi connectivity index (χ0v) is 20.5. The molecule has 7 nitrogen and oxygen atoms in total. The first-order valence-corrected chi connectivity index (χ1v) is 13.7. The molecule has 0 aromatic heterocycles. The van der Waals surface area contributed by atoms with E-state index in [9.17, 15) is 14.4 Å². The number of aliphatic imine (C=N–C) groups is 1. The van der Waals surface area contributed by atoms with Gasteiger partial charge in [0, 0.05) is 43.3 Å². The molecule has 2 atom stereocenters. The maximum atomic E-state index is 13.3. The van der Waals surface area contributed by atoms with Gasteiger partial charge in [-0.3, -0.25) is 14.4 Å². The zero-order valence-electron chi connectivity index (χ0n) is 19.7. The van der Waals surface area contributed by atoms with Crippen LogP contribution in [0, 0.1) is 5.92 Å². The minimum atomic E-state index is -0.474. The molecule has 1 aliphatic carbocycles. The number of anilines is 1. The Morgan fingerprint density at radius 3 is 2.59 bits per heavy atom. The van der Waals surface area contributed by atoms with Crippen molar-refractivity contribution in [2.75, 3.05) is 25.0 Å². The van der Waals surface area contributed by atoms with Crippen molar-refractivity contribution in [2.24, 2.45) is 10.9 Å². The number of amidine groups is 1. The van der Waals surface area contributed by atoms with Gasteiger partial charge >= 0.3 is 0 Å². The van der Waals surface area contributed by atoms with Crippen molar-refractivity contribution in [3.05, 3.63) is 29.8 Å². The van der Waals surface area contributed by atoms with Crippen molar-refractivity contribution in [2.45, 2.75) is 75.5 Å². The number of hydrogen-bond acceptors (Lipinski definition) is 5. The Balaban J connectivity index is 1.17. The molecular weight excluding hydrogens is 448 g/mol. The Hall–Kier alpha value is -2.35. The van der Waals surface area contributed by atoms with E-state index >= 15 is 0 Å². The highest BCUT2D eigenvalue weighted by atomic mass is 32.2. The van der Waals surface area contributed by atoms with Crippen LogP contribution < -0.4 is 5.32 Å². The second-order valence-corrected chi connectivity index (χ2v) is 11.1. The van der Waals surface area contributed by atoms with E-state index in [1.165, 1.54) is 43.9 Å². The second kappa shape index (κ2) is 10.5. The maximum absolute atomic E-state index is 13.3. The average Bonchev–Trinajstić information content (AvgIpc) is 3.61. The molecule has 182 valence electrons. The number of rotatable bonds is 5. The molecule has 5 rings (SSSR count). The highest BCUT2D eigenvalue weighted by Gasteiger charge is 2.36. The molecule has 1 N–H and O–H groups in total. The fourth-order valence-electron chi connectivity index (χ4n) is 5.88. The minimum absolute atomic E-state index is 0.0617. The highest BCUT2D eigenvalue weighted by molar-refractivity contribution is 8.15. The monoisotopic (exact) mass is 482 g/mol. The quantitative estimate of drug-likeness (QED) is 0.677. The lowest BCUT2D eigenvalue weighted by atomic mass is 9.95. The molecule has 1 aromatic carbocycles. The number of amides is 3. The van der Waals surface area contributed by atoms with Crippen molar-refractivity contribution in [3.8, 4) is 0 Å². The van der Waals surface area contributed by atoms with Crippen molar-refractivity contribution in [1.82, 2.24) is 9.80 Å². The topological polar surface area (TPSA) is 82.1 Å². The van der Waals surface area contributed by atoms with E-state index in [1.807, 2.05) is 12.1 Å². The van der Waals surface area contributed by atoms with Gasteiger partial charge in [0.05, 0.1) is 0 Å². The predicted octanol–water partition coefficient (Wildman–Crippen LogP) is 4.29. The summed E-state index contributed by atoms with van der Waals surface area (Å²) in [7, 11) is 0. The Kier molecular flexibility index (Phi) is 7.23. The Morgan fingerprint density at radius 2 is 1.79 bits per heavy atom. The number of nitrogens with one attached hydrogen (secondary N) is 1. The van der Waals surface area contributed by atoms with E-state index in [0.717, 1.165) is 50.5 Å². The van der Waals surface area contributed by atoms with Gasteiger partial charge in [-0.15, -0.1) is 0 Å². The lowest BCUT2D eigenvalue weighted by Gasteiger charge is -2.29. The van der Waals surface area contributed by atoms with Crippen LogP contribution >= 0.6 is 11.8 Å². The van der Waals surface area contributed by atoms with Crippen molar-refractivity contribution in [1.29, 1.82) is 0 Å². The number of likely N-dealkylation sites (tertiary alicyclic amines) is 2. The summed E-state index contributed by atoms with van der Waals surface area (Å²) in [5, 5.41) is 3.18. The summed E-state index contributed by atoms with van der Waals surface area (Å²) in [5.41, 5.74) is 1.21. The normalized spacial score (nSPS) is 25.6. The fourth-order valence-corrected chi connectivity index (χ4v) is 7.00. The van der Waals surface area contributed by atoms with Crippen LogP contribution in [0.25, 0.3) is 0 Å². The van der Waals surface area contributed by atoms with E-state index in [0.29, 0.717) is 23.2 Å². The first kappa shape index (κ1) is 23.4. The molecule has 0 spiro atoms. The maximum Gasteiger partial charge on any atom is 0.262 e. The molecule has 3 aliphatic heterocycles. The number of hydrogen-bond donors (Lipinski definition) is 1. The van der Waals surface area contributed by atoms with Crippen LogP contribution in [0.2, 0.25) is 0 Å². The standard InChI is InChI=1S/C26H34N4O3S/c31-23(17-22-24(32)28-26(34-22)29-13-4-1-5-14-29)27-20-11-6-10-19(16-20)25(33)30-15-7-12-21(30)18-8-2-3-9-18/h6,10-11,16,18,21-22H,1-5,7-9,12-15,17H2,(H,27,31). The van der Waals surface area contributed by atoms with E-state index in [-0.39, 0.29) is 24.1 Å². The number of piperidine rings is 1. The van der Waals surface area contributed by atoms with Gasteiger partial charge in [0.2, 0.25) is 5.91 Å². The van der Waals surface area contributed by atoms with E-state index in [1.54, 1.807) is 12.1 Å². The lowest BCUT2D eigenvalue weighted by molar-refractivity contribution is -0.121. The van der Waals surface area contributed by atoms with Gasteiger partial charge in [-0.1, -0.05) is 30.7 Å². The van der Waals surface area contributed by atoms with E-state index in [2.05, 4.69) is 20.1 Å². The molecule has 34 heavy (non-hydrogen) atoms. The minimum Gasteiger partial charge on any atom is -0.351 e. The Labute approximate surface area is 205 Å². The van der Waals surface area contributed by atoms with Crippen molar-refractivity contribution in [3.63, 3.8) is 0 Å². The summed E-state index contributed by atoms with van der Waals surface area (Å²) in [4.78, 5) is 46.8. The fraction of sp³-hybridized carbons (Fsp3) is 0.615. The Morgan fingerprint density at radius 1 is 1.00 bits per heavy atom. The lowest BCUT2D eigenvalue weighted by Crippen LogP contribution is -2.39. The number of thioether (sulfide) groups is 1. The van der Waals surface area contributed by atoms with Crippen LogP contribution in [0.5, 0.6) is 0 Å². The number of nitrogens with zero attached hydrogens (tertiary/aromatic N) is 3. The van der Waals surface area contributed by atoms with Crippen LogP contribution in [0.4, 0.5) is 5.69 Å². The summed E-state index contributed by atoms with van der Waals surface area (Å²) < 4.78 is 0. The predicted molar refractivity (Wildman–Crippen MR) is 135 cm³/mol. The molecular formula is C26H34N4O3S. The third kappa shape index (κ3) is 5.16. The summed E-state index contributed by atoms with van der Waals surface area (Å²) in [6, 6.07) is 7.57. The average molecular weight is 483 g/mol. The van der Waals surface area contributed by atoms with Gasteiger partial charge in [0.25, 0.3) is 11.8 Å². The molecule has 3 amide bonds. The van der Waals surface area contributed by atoms with Crippen LogP contribution in [-0.2, 0) is 9.59 Å². The first-order chi connectivity index (χ1) is 16.6. The number of carbonyl (C=O) groups is 3. The third-order valence-electron chi connectivity index (χ3n) is 7.62. The molecule has 2 saturated heterocycles. The van der Waals surface area contributed by atoms with Crippen molar-refractivity contribution < 1.29 is 14.4 Å². The molecule has 8 heteroatoms. The zero-order chi connectivity index (χ0) is 23.5. The number of carbonyl (C=O) groups excluding carboxylic acids is 3. The van der Waals surface area contributed by atoms with E-state index < -0.39 is 5.25 Å². The summed E-state index contributed by atoms with van der Waals surface area (Å²) in [6.45, 7) is 2.67. The van der Waals surface area contributed by atoms with Crippen LogP contribution in [-0.4, -0.2) is 63.6 Å². The van der Waals surface area contributed by atoms with Gasteiger partial charge in [0.15, 0.2) is 5.17 Å². The SMILES string of the molecule is O=C(CC1SC(N2CCCCC2)=NC1=O)Nc1cccc(C(=O)N2CCCC2C2CCCC2)c1. The molecule has 4 aliphatic rings. The molecule has 3 heterocycles.